The number of likely N-dealkylation sites (N-methyl/N-ethyl adjacent to an activating group) is 1. The Morgan fingerprint density at radius 3 is 1.96 bits per heavy atom. The molecule has 0 spiro atoms. The van der Waals surface area contributed by atoms with Crippen LogP contribution in [-0.2, 0) is 19.2 Å². The van der Waals surface area contributed by atoms with Crippen molar-refractivity contribution >= 4 is 23.6 Å². The predicted molar refractivity (Wildman–Crippen MR) is 185 cm³/mol. The Bertz CT molecular complexity index is 1090. The van der Waals surface area contributed by atoms with E-state index in [0.717, 1.165) is 45.1 Å². The number of carbonyl (C=O) groups excluding carboxylic acids is 4. The first-order valence-corrected chi connectivity index (χ1v) is 18.2. The highest BCUT2D eigenvalue weighted by Gasteiger charge is 2.41. The third-order valence-electron chi connectivity index (χ3n) is 10.7. The third kappa shape index (κ3) is 9.57. The molecule has 2 aliphatic heterocycles. The second kappa shape index (κ2) is 16.6. The molecule has 0 aromatic heterocycles. The van der Waals surface area contributed by atoms with E-state index in [1.165, 1.54) is 19.3 Å². The molecule has 46 heavy (non-hydrogen) atoms. The SMILES string of the molecule is CC(=CC(C(C)C)N(C)C(=O)[C@@H](NC(=O)[C@H]1CCCCN1C(C)C)C(C)(C)C)C(=O)N1CCC[C@H]1C(=O)N[C@H](C)C1CCCCC1. The van der Waals surface area contributed by atoms with Gasteiger partial charge in [-0.2, -0.15) is 0 Å². The Kier molecular flexibility index (Phi) is 13.7. The molecule has 5 atom stereocenters. The summed E-state index contributed by atoms with van der Waals surface area (Å²) in [5, 5.41) is 6.39. The molecule has 0 bridgehead atoms. The van der Waals surface area contributed by atoms with E-state index in [0.29, 0.717) is 24.5 Å². The van der Waals surface area contributed by atoms with Crippen molar-refractivity contribution in [2.75, 3.05) is 20.1 Å². The van der Waals surface area contributed by atoms with Gasteiger partial charge in [0.25, 0.3) is 0 Å². The fourth-order valence-corrected chi connectivity index (χ4v) is 7.75. The van der Waals surface area contributed by atoms with Crippen LogP contribution in [-0.4, -0.2) is 94.7 Å². The first kappa shape index (κ1) is 38.0. The molecule has 9 nitrogen and oxygen atoms in total. The molecule has 2 heterocycles. The van der Waals surface area contributed by atoms with Crippen LogP contribution in [0.4, 0.5) is 0 Å². The smallest absolute Gasteiger partial charge is 0.249 e. The first-order chi connectivity index (χ1) is 21.5. The zero-order valence-electron chi connectivity index (χ0n) is 30.7. The molecule has 3 aliphatic rings. The van der Waals surface area contributed by atoms with Crippen LogP contribution in [0.2, 0.25) is 0 Å². The van der Waals surface area contributed by atoms with E-state index in [2.05, 4.69) is 36.3 Å². The normalized spacial score (nSPS) is 24.1. The lowest BCUT2D eigenvalue weighted by atomic mass is 9.84. The maximum atomic E-state index is 14.2. The number of piperidine rings is 1. The summed E-state index contributed by atoms with van der Waals surface area (Å²) < 4.78 is 0. The monoisotopic (exact) mass is 644 g/mol. The minimum Gasteiger partial charge on any atom is -0.352 e. The number of rotatable bonds is 11. The number of carbonyl (C=O) groups is 4. The van der Waals surface area contributed by atoms with E-state index in [4.69, 9.17) is 0 Å². The molecule has 0 aromatic carbocycles. The molecule has 0 aromatic rings. The minimum atomic E-state index is -0.718. The number of hydrogen-bond acceptors (Lipinski definition) is 5. The number of likely N-dealkylation sites (tertiary alicyclic amines) is 2. The number of hydrogen-bond donors (Lipinski definition) is 2. The second-order valence-corrected chi connectivity index (χ2v) is 16.0. The average Bonchev–Trinajstić information content (AvgIpc) is 3.51. The van der Waals surface area contributed by atoms with E-state index in [1.807, 2.05) is 40.7 Å². The molecule has 2 saturated heterocycles. The van der Waals surface area contributed by atoms with E-state index in [-0.39, 0.29) is 53.7 Å². The van der Waals surface area contributed by atoms with Crippen LogP contribution >= 0.6 is 0 Å². The highest BCUT2D eigenvalue weighted by atomic mass is 16.2. The van der Waals surface area contributed by atoms with Crippen molar-refractivity contribution in [3.63, 3.8) is 0 Å². The molecule has 9 heteroatoms. The van der Waals surface area contributed by atoms with Gasteiger partial charge in [0.2, 0.25) is 23.6 Å². The lowest BCUT2D eigenvalue weighted by molar-refractivity contribution is -0.142. The molecule has 4 amide bonds. The van der Waals surface area contributed by atoms with Crippen molar-refractivity contribution in [3.05, 3.63) is 11.6 Å². The largest absolute Gasteiger partial charge is 0.352 e. The summed E-state index contributed by atoms with van der Waals surface area (Å²) in [4.78, 5) is 60.7. The van der Waals surface area contributed by atoms with Gasteiger partial charge in [-0.25, -0.2) is 0 Å². The maximum absolute atomic E-state index is 14.2. The van der Waals surface area contributed by atoms with Crippen LogP contribution in [0.25, 0.3) is 0 Å². The molecule has 2 N–H and O–H groups in total. The topological polar surface area (TPSA) is 102 Å². The Morgan fingerprint density at radius 2 is 1.37 bits per heavy atom. The summed E-state index contributed by atoms with van der Waals surface area (Å²) in [6.07, 6.45) is 12.2. The molecular formula is C37H65N5O4. The maximum Gasteiger partial charge on any atom is 0.249 e. The summed E-state index contributed by atoms with van der Waals surface area (Å²) in [5.41, 5.74) is 0.0174. The van der Waals surface area contributed by atoms with Gasteiger partial charge in [-0.05, 0) is 90.0 Å². The van der Waals surface area contributed by atoms with E-state index < -0.39 is 17.5 Å². The molecule has 0 radical (unpaired) electrons. The lowest BCUT2D eigenvalue weighted by Gasteiger charge is -2.41. The van der Waals surface area contributed by atoms with Gasteiger partial charge >= 0.3 is 0 Å². The quantitative estimate of drug-likeness (QED) is 0.298. The van der Waals surface area contributed by atoms with Crippen molar-refractivity contribution in [2.45, 2.75) is 163 Å². The van der Waals surface area contributed by atoms with Gasteiger partial charge in [0, 0.05) is 31.2 Å². The molecule has 1 aliphatic carbocycles. The van der Waals surface area contributed by atoms with Crippen LogP contribution < -0.4 is 10.6 Å². The first-order valence-electron chi connectivity index (χ1n) is 18.2. The number of nitrogens with one attached hydrogen (secondary N) is 2. The van der Waals surface area contributed by atoms with Crippen molar-refractivity contribution in [1.82, 2.24) is 25.3 Å². The molecule has 3 rings (SSSR count). The van der Waals surface area contributed by atoms with Gasteiger partial charge in [-0.1, -0.05) is 66.4 Å². The van der Waals surface area contributed by atoms with E-state index in [1.54, 1.807) is 23.8 Å². The third-order valence-corrected chi connectivity index (χ3v) is 10.7. The standard InChI is InChI=1S/C37H65N5O4/c1-24(2)31(40(10)36(46)32(37(7,8)9)39-34(44)29-19-14-15-21-41(29)25(3)4)23-26(5)35(45)42-22-16-20-30(42)33(43)38-27(6)28-17-12-11-13-18-28/h23-25,27-32H,11-22H2,1-10H3,(H,38,43)(H,39,44)/t27-,29-,30+,31?,32-/m1/s1. The van der Waals surface area contributed by atoms with Crippen LogP contribution in [0.5, 0.6) is 0 Å². The number of amides is 4. The van der Waals surface area contributed by atoms with Crippen LogP contribution in [0.3, 0.4) is 0 Å². The van der Waals surface area contributed by atoms with Crippen molar-refractivity contribution < 1.29 is 19.2 Å². The predicted octanol–water partition coefficient (Wildman–Crippen LogP) is 5.29. The van der Waals surface area contributed by atoms with Crippen molar-refractivity contribution in [3.8, 4) is 0 Å². The Hall–Kier alpha value is -2.42. The van der Waals surface area contributed by atoms with Gasteiger partial charge in [0.15, 0.2) is 0 Å². The summed E-state index contributed by atoms with van der Waals surface area (Å²) in [7, 11) is 1.77. The van der Waals surface area contributed by atoms with Gasteiger partial charge in [0.05, 0.1) is 12.1 Å². The molecular weight excluding hydrogens is 578 g/mol. The zero-order valence-corrected chi connectivity index (χ0v) is 30.7. The fraction of sp³-hybridized carbons (Fsp3) is 0.838. The van der Waals surface area contributed by atoms with Crippen LogP contribution in [0, 0.1) is 17.3 Å². The van der Waals surface area contributed by atoms with E-state index in [9.17, 15) is 19.2 Å². The van der Waals surface area contributed by atoms with Crippen LogP contribution in [0.15, 0.2) is 11.6 Å². The van der Waals surface area contributed by atoms with Crippen molar-refractivity contribution in [2.24, 2.45) is 17.3 Å². The summed E-state index contributed by atoms with van der Waals surface area (Å²) >= 11 is 0. The van der Waals surface area contributed by atoms with Crippen molar-refractivity contribution in [1.29, 1.82) is 0 Å². The van der Waals surface area contributed by atoms with Gasteiger partial charge in [-0.15, -0.1) is 0 Å². The summed E-state index contributed by atoms with van der Waals surface area (Å²) in [6, 6.07) is -1.43. The highest BCUT2D eigenvalue weighted by Crippen LogP contribution is 2.29. The average molecular weight is 644 g/mol. The lowest BCUT2D eigenvalue weighted by Crippen LogP contribution is -2.60. The zero-order chi connectivity index (χ0) is 34.3. The minimum absolute atomic E-state index is 0.0248. The fourth-order valence-electron chi connectivity index (χ4n) is 7.75. The summed E-state index contributed by atoms with van der Waals surface area (Å²) in [6.45, 7) is 19.6. The highest BCUT2D eigenvalue weighted by molar-refractivity contribution is 5.97. The van der Waals surface area contributed by atoms with Crippen LogP contribution in [0.1, 0.15) is 127 Å². The van der Waals surface area contributed by atoms with Gasteiger partial charge in [0.1, 0.15) is 12.1 Å². The Labute approximate surface area is 279 Å². The van der Waals surface area contributed by atoms with E-state index >= 15 is 0 Å². The summed E-state index contributed by atoms with van der Waals surface area (Å²) in [5.74, 6) is 0.0656. The molecule has 262 valence electrons. The Morgan fingerprint density at radius 1 is 0.783 bits per heavy atom. The molecule has 1 saturated carbocycles. The van der Waals surface area contributed by atoms with Gasteiger partial charge in [-0.3, -0.25) is 24.1 Å². The van der Waals surface area contributed by atoms with Gasteiger partial charge < -0.3 is 20.4 Å². The number of nitrogens with zero attached hydrogens (tertiary/aromatic N) is 3. The molecule has 1 unspecified atom stereocenters. The second-order valence-electron chi connectivity index (χ2n) is 16.0. The molecule has 3 fully saturated rings. The Balaban J connectivity index is 1.74.